The summed E-state index contributed by atoms with van der Waals surface area (Å²) < 4.78 is 13.7. The Hall–Kier alpha value is 0.354. The van der Waals surface area contributed by atoms with Crippen molar-refractivity contribution in [1.82, 2.24) is 0 Å². The second-order valence-corrected chi connectivity index (χ2v) is 19.1. The van der Waals surface area contributed by atoms with E-state index in [2.05, 4.69) is 39.3 Å². The molecule has 142 valence electrons. The molecule has 0 aliphatic heterocycles. The fraction of sp³-hybridized carbons (Fsp3) is 1.00. The second kappa shape index (κ2) is 8.83. The van der Waals surface area contributed by atoms with E-state index in [9.17, 15) is 0 Å². The normalized spacial score (nSPS) is 24.8. The summed E-state index contributed by atoms with van der Waals surface area (Å²) in [7, 11) is -3.14. The van der Waals surface area contributed by atoms with Crippen LogP contribution in [0.25, 0.3) is 0 Å². The Labute approximate surface area is 153 Å². The zero-order valence-electron chi connectivity index (χ0n) is 17.2. The van der Waals surface area contributed by atoms with Crippen molar-refractivity contribution in [2.45, 2.75) is 116 Å². The molecule has 0 N–H and O–H groups in total. The third kappa shape index (κ3) is 6.93. The Morgan fingerprint density at radius 1 is 0.542 bits per heavy atom. The lowest BCUT2D eigenvalue weighted by Crippen LogP contribution is -2.51. The van der Waals surface area contributed by atoms with E-state index in [0.717, 1.165) is 11.8 Å². The molecule has 2 saturated carbocycles. The largest absolute Gasteiger partial charge is 0.412 e. The Morgan fingerprint density at radius 2 is 0.833 bits per heavy atom. The molecular formula is C20H42O2Si2. The van der Waals surface area contributed by atoms with Gasteiger partial charge < -0.3 is 8.85 Å². The van der Waals surface area contributed by atoms with E-state index in [1.54, 1.807) is 0 Å². The van der Waals surface area contributed by atoms with Crippen LogP contribution >= 0.6 is 0 Å². The van der Waals surface area contributed by atoms with Gasteiger partial charge in [-0.05, 0) is 76.8 Å². The van der Waals surface area contributed by atoms with Crippen LogP contribution in [0.1, 0.15) is 64.2 Å². The molecule has 24 heavy (non-hydrogen) atoms. The van der Waals surface area contributed by atoms with E-state index < -0.39 is 16.6 Å². The monoisotopic (exact) mass is 370 g/mol. The molecule has 4 heteroatoms. The van der Waals surface area contributed by atoms with Crippen LogP contribution in [-0.2, 0) is 8.85 Å². The molecule has 2 unspecified atom stereocenters. The lowest BCUT2D eigenvalue weighted by molar-refractivity contribution is -0.0423. The van der Waals surface area contributed by atoms with Gasteiger partial charge in [0.25, 0.3) is 0 Å². The maximum absolute atomic E-state index is 6.87. The van der Waals surface area contributed by atoms with Gasteiger partial charge in [-0.1, -0.05) is 38.5 Å². The highest BCUT2D eigenvalue weighted by Crippen LogP contribution is 2.39. The van der Waals surface area contributed by atoms with Gasteiger partial charge in [-0.15, -0.1) is 0 Å². The second-order valence-electron chi connectivity index (χ2n) is 10.2. The standard InChI is InChI=1S/C20H42O2Si2/c1-23(2,3)21-19(17-13-9-7-10-14-17)20(22-24(4,5)6)18-15-11-8-12-16-18/h17-20H,7-16H2,1-6H3. The van der Waals surface area contributed by atoms with Crippen LogP contribution in [-0.4, -0.2) is 28.8 Å². The SMILES string of the molecule is C[Si](C)(C)OC(C1CCCCC1)C(O[Si](C)(C)C)C1CCCCC1. The van der Waals surface area contributed by atoms with Crippen molar-refractivity contribution in [2.24, 2.45) is 11.8 Å². The molecule has 0 radical (unpaired) electrons. The molecule has 0 bridgehead atoms. The maximum Gasteiger partial charge on any atom is 0.184 e. The highest BCUT2D eigenvalue weighted by Gasteiger charge is 2.41. The summed E-state index contributed by atoms with van der Waals surface area (Å²) >= 11 is 0. The molecule has 0 aromatic rings. The molecule has 0 spiro atoms. The van der Waals surface area contributed by atoms with Gasteiger partial charge in [-0.2, -0.15) is 0 Å². The molecule has 0 heterocycles. The Kier molecular flexibility index (Phi) is 7.60. The zero-order chi connectivity index (χ0) is 17.8. The van der Waals surface area contributed by atoms with Gasteiger partial charge >= 0.3 is 0 Å². The van der Waals surface area contributed by atoms with Crippen LogP contribution in [0.2, 0.25) is 39.3 Å². The summed E-state index contributed by atoms with van der Waals surface area (Å²) in [4.78, 5) is 0. The molecule has 2 rings (SSSR count). The van der Waals surface area contributed by atoms with Gasteiger partial charge in [0.05, 0.1) is 12.2 Å². The predicted octanol–water partition coefficient (Wildman–Crippen LogP) is 6.59. The third-order valence-corrected chi connectivity index (χ3v) is 7.49. The van der Waals surface area contributed by atoms with Crippen LogP contribution in [0, 0.1) is 11.8 Å². The minimum Gasteiger partial charge on any atom is -0.412 e. The summed E-state index contributed by atoms with van der Waals surface area (Å²) in [6.07, 6.45) is 14.5. The first-order valence-corrected chi connectivity index (χ1v) is 17.3. The highest BCUT2D eigenvalue weighted by molar-refractivity contribution is 6.70. The quantitative estimate of drug-likeness (QED) is 0.471. The minimum atomic E-state index is -1.57. The van der Waals surface area contributed by atoms with Crippen molar-refractivity contribution in [3.63, 3.8) is 0 Å². The van der Waals surface area contributed by atoms with E-state index in [0.29, 0.717) is 12.2 Å². The topological polar surface area (TPSA) is 18.5 Å². The van der Waals surface area contributed by atoms with Gasteiger partial charge in [-0.25, -0.2) is 0 Å². The maximum atomic E-state index is 6.87. The highest BCUT2D eigenvalue weighted by atomic mass is 28.4. The number of hydrogen-bond donors (Lipinski definition) is 0. The molecule has 0 amide bonds. The fourth-order valence-corrected chi connectivity index (χ4v) is 6.89. The van der Waals surface area contributed by atoms with Gasteiger partial charge in [0, 0.05) is 0 Å². The van der Waals surface area contributed by atoms with Crippen molar-refractivity contribution < 1.29 is 8.85 Å². The van der Waals surface area contributed by atoms with Gasteiger partial charge in [0.1, 0.15) is 0 Å². The van der Waals surface area contributed by atoms with E-state index in [1.165, 1.54) is 64.2 Å². The molecule has 2 aliphatic carbocycles. The molecule has 2 fully saturated rings. The Morgan fingerprint density at radius 3 is 1.08 bits per heavy atom. The van der Waals surface area contributed by atoms with Crippen molar-refractivity contribution >= 4 is 16.6 Å². The van der Waals surface area contributed by atoms with Crippen LogP contribution < -0.4 is 0 Å². The van der Waals surface area contributed by atoms with Crippen LogP contribution in [0.5, 0.6) is 0 Å². The fourth-order valence-electron chi connectivity index (χ4n) is 4.60. The minimum absolute atomic E-state index is 0.354. The zero-order valence-corrected chi connectivity index (χ0v) is 19.2. The first kappa shape index (κ1) is 20.7. The third-order valence-electron chi connectivity index (χ3n) is 5.53. The van der Waals surface area contributed by atoms with E-state index >= 15 is 0 Å². The molecule has 0 aromatic heterocycles. The van der Waals surface area contributed by atoms with Crippen molar-refractivity contribution in [1.29, 1.82) is 0 Å². The summed E-state index contributed by atoms with van der Waals surface area (Å²) in [6, 6.07) is 0. The average Bonchev–Trinajstić information content (AvgIpc) is 2.50. The number of hydrogen-bond acceptors (Lipinski definition) is 2. The van der Waals surface area contributed by atoms with Crippen LogP contribution in [0.3, 0.4) is 0 Å². The molecular weight excluding hydrogens is 328 g/mol. The van der Waals surface area contributed by atoms with Crippen LogP contribution in [0.15, 0.2) is 0 Å². The van der Waals surface area contributed by atoms with Crippen LogP contribution in [0.4, 0.5) is 0 Å². The molecule has 2 nitrogen and oxygen atoms in total. The lowest BCUT2D eigenvalue weighted by Gasteiger charge is -2.45. The Bertz CT molecular complexity index is 325. The average molecular weight is 371 g/mol. The summed E-state index contributed by atoms with van der Waals surface area (Å²) in [5.41, 5.74) is 0. The summed E-state index contributed by atoms with van der Waals surface area (Å²) in [5.74, 6) is 1.46. The lowest BCUT2D eigenvalue weighted by atomic mass is 9.77. The van der Waals surface area contributed by atoms with E-state index in [1.807, 2.05) is 0 Å². The summed E-state index contributed by atoms with van der Waals surface area (Å²) in [5, 5.41) is 0. The number of rotatable bonds is 7. The van der Waals surface area contributed by atoms with Crippen molar-refractivity contribution in [3.8, 4) is 0 Å². The van der Waals surface area contributed by atoms with Gasteiger partial charge in [0.15, 0.2) is 16.6 Å². The molecule has 0 aromatic carbocycles. The first-order chi connectivity index (χ1) is 11.2. The van der Waals surface area contributed by atoms with Crippen molar-refractivity contribution in [2.75, 3.05) is 0 Å². The van der Waals surface area contributed by atoms with Gasteiger partial charge in [-0.3, -0.25) is 0 Å². The van der Waals surface area contributed by atoms with E-state index in [4.69, 9.17) is 8.85 Å². The molecule has 0 saturated heterocycles. The Balaban J connectivity index is 2.22. The smallest absolute Gasteiger partial charge is 0.184 e. The predicted molar refractivity (Wildman–Crippen MR) is 110 cm³/mol. The molecule has 2 atom stereocenters. The van der Waals surface area contributed by atoms with Gasteiger partial charge in [0.2, 0.25) is 0 Å². The molecule has 2 aliphatic rings. The summed E-state index contributed by atoms with van der Waals surface area (Å²) in [6.45, 7) is 14.1. The first-order valence-electron chi connectivity index (χ1n) is 10.5. The van der Waals surface area contributed by atoms with E-state index in [-0.39, 0.29) is 0 Å². The van der Waals surface area contributed by atoms with Crippen molar-refractivity contribution in [3.05, 3.63) is 0 Å².